The molecule has 2 atom stereocenters. The number of rotatable bonds is 5. The molecular formula is C10H18N2O2. The monoisotopic (exact) mass is 198 g/mol. The van der Waals surface area contributed by atoms with Crippen LogP contribution in [0.4, 0.5) is 0 Å². The van der Waals surface area contributed by atoms with E-state index < -0.39 is 5.60 Å². The van der Waals surface area contributed by atoms with E-state index >= 15 is 0 Å². The summed E-state index contributed by atoms with van der Waals surface area (Å²) in [6.07, 6.45) is 2.00. The van der Waals surface area contributed by atoms with Crippen molar-refractivity contribution < 1.29 is 9.84 Å². The van der Waals surface area contributed by atoms with Gasteiger partial charge in [-0.15, -0.1) is 0 Å². The second-order valence-corrected chi connectivity index (χ2v) is 3.81. The Morgan fingerprint density at radius 2 is 2.50 bits per heavy atom. The molecule has 0 aromatic carbocycles. The van der Waals surface area contributed by atoms with Crippen molar-refractivity contribution in [3.8, 4) is 6.07 Å². The Bertz CT molecular complexity index is 215. The molecule has 80 valence electrons. The van der Waals surface area contributed by atoms with E-state index in [1.165, 1.54) is 0 Å². The number of nitriles is 1. The molecule has 0 amide bonds. The zero-order valence-electron chi connectivity index (χ0n) is 8.62. The number of unbranched alkanes of at least 4 members (excludes halogenated alkanes) is 1. The molecular weight excluding hydrogens is 180 g/mol. The van der Waals surface area contributed by atoms with Crippen molar-refractivity contribution in [2.75, 3.05) is 19.7 Å². The molecule has 2 N–H and O–H groups in total. The lowest BCUT2D eigenvalue weighted by Gasteiger charge is -2.26. The Morgan fingerprint density at radius 1 is 1.71 bits per heavy atom. The van der Waals surface area contributed by atoms with Crippen LogP contribution in [0.1, 0.15) is 26.2 Å². The molecule has 1 saturated heterocycles. The van der Waals surface area contributed by atoms with Crippen LogP contribution in [-0.4, -0.2) is 36.5 Å². The van der Waals surface area contributed by atoms with Crippen LogP contribution >= 0.6 is 0 Å². The molecule has 14 heavy (non-hydrogen) atoms. The molecule has 1 heterocycles. The van der Waals surface area contributed by atoms with Gasteiger partial charge in [0.2, 0.25) is 0 Å². The van der Waals surface area contributed by atoms with E-state index in [1.54, 1.807) is 0 Å². The quantitative estimate of drug-likeness (QED) is 0.628. The highest BCUT2D eigenvalue weighted by molar-refractivity contribution is 4.91. The highest BCUT2D eigenvalue weighted by atomic mass is 16.5. The topological polar surface area (TPSA) is 65.3 Å². The third kappa shape index (κ3) is 2.95. The lowest BCUT2D eigenvalue weighted by molar-refractivity contribution is -0.0259. The van der Waals surface area contributed by atoms with Gasteiger partial charge in [-0.25, -0.2) is 0 Å². The first-order valence-electron chi connectivity index (χ1n) is 5.11. The summed E-state index contributed by atoms with van der Waals surface area (Å²) in [5.41, 5.74) is -0.716. The van der Waals surface area contributed by atoms with Gasteiger partial charge >= 0.3 is 0 Å². The molecule has 1 aliphatic rings. The number of hydrogen-bond donors (Lipinski definition) is 2. The van der Waals surface area contributed by atoms with E-state index in [2.05, 4.69) is 11.4 Å². The zero-order valence-corrected chi connectivity index (χ0v) is 8.62. The van der Waals surface area contributed by atoms with Gasteiger partial charge in [-0.2, -0.15) is 5.26 Å². The molecule has 0 bridgehead atoms. The highest BCUT2D eigenvalue weighted by Gasteiger charge is 2.38. The van der Waals surface area contributed by atoms with Gasteiger partial charge in [0.1, 0.15) is 5.60 Å². The second kappa shape index (κ2) is 5.30. The summed E-state index contributed by atoms with van der Waals surface area (Å²) in [6.45, 7) is 3.86. The number of aliphatic hydroxyl groups is 1. The smallest absolute Gasteiger partial charge is 0.105 e. The minimum atomic E-state index is -0.716. The van der Waals surface area contributed by atoms with Crippen LogP contribution in [0.3, 0.4) is 0 Å². The molecule has 0 spiro atoms. The van der Waals surface area contributed by atoms with Crippen LogP contribution in [0.2, 0.25) is 0 Å². The summed E-state index contributed by atoms with van der Waals surface area (Å²) in [4.78, 5) is 0. The molecule has 4 nitrogen and oxygen atoms in total. The Balaban J connectivity index is 2.14. The largest absolute Gasteiger partial charge is 0.386 e. The zero-order chi connectivity index (χ0) is 10.4. The predicted molar refractivity (Wildman–Crippen MR) is 52.7 cm³/mol. The summed E-state index contributed by atoms with van der Waals surface area (Å²) >= 11 is 0. The third-order valence-corrected chi connectivity index (χ3v) is 2.73. The van der Waals surface area contributed by atoms with E-state index in [9.17, 15) is 5.11 Å². The number of ether oxygens (including phenoxy) is 1. The molecule has 0 aromatic heterocycles. The normalized spacial score (nSPS) is 31.6. The van der Waals surface area contributed by atoms with Crippen molar-refractivity contribution in [1.29, 1.82) is 5.26 Å². The van der Waals surface area contributed by atoms with E-state index in [0.29, 0.717) is 26.0 Å². The first kappa shape index (κ1) is 11.4. The maximum atomic E-state index is 10.1. The summed E-state index contributed by atoms with van der Waals surface area (Å²) in [6, 6.07) is 2.09. The van der Waals surface area contributed by atoms with Gasteiger partial charge in [0, 0.05) is 26.0 Å². The second-order valence-electron chi connectivity index (χ2n) is 3.81. The lowest BCUT2D eigenvalue weighted by Crippen LogP contribution is -2.46. The van der Waals surface area contributed by atoms with Crippen LogP contribution in [0, 0.1) is 11.3 Å². The van der Waals surface area contributed by atoms with E-state index in [-0.39, 0.29) is 6.10 Å². The number of nitrogens with one attached hydrogen (secondary N) is 1. The average Bonchev–Trinajstić information content (AvgIpc) is 2.47. The first-order chi connectivity index (χ1) is 6.69. The summed E-state index contributed by atoms with van der Waals surface area (Å²) < 4.78 is 5.30. The number of hydrogen-bond acceptors (Lipinski definition) is 4. The third-order valence-electron chi connectivity index (χ3n) is 2.73. The molecule has 2 unspecified atom stereocenters. The molecule has 1 aliphatic heterocycles. The highest BCUT2D eigenvalue weighted by Crippen LogP contribution is 2.24. The van der Waals surface area contributed by atoms with Crippen molar-refractivity contribution in [2.45, 2.75) is 37.9 Å². The standard InChI is InChI=1S/C10H18N2O2/c1-9-10(13,4-7-14-9)8-12-6-3-2-5-11/h9,12-13H,2-4,6-8H2,1H3. The van der Waals surface area contributed by atoms with Crippen LogP contribution in [0.15, 0.2) is 0 Å². The van der Waals surface area contributed by atoms with Crippen molar-refractivity contribution in [3.63, 3.8) is 0 Å². The van der Waals surface area contributed by atoms with Crippen LogP contribution in [0.25, 0.3) is 0 Å². The fourth-order valence-electron chi connectivity index (χ4n) is 1.60. The summed E-state index contributed by atoms with van der Waals surface area (Å²) in [7, 11) is 0. The van der Waals surface area contributed by atoms with Crippen molar-refractivity contribution in [1.82, 2.24) is 5.32 Å². The van der Waals surface area contributed by atoms with Crippen LogP contribution in [-0.2, 0) is 4.74 Å². The molecule has 1 fully saturated rings. The van der Waals surface area contributed by atoms with Gasteiger partial charge in [0.05, 0.1) is 12.2 Å². The van der Waals surface area contributed by atoms with E-state index in [1.807, 2.05) is 6.92 Å². The Labute approximate surface area is 84.9 Å². The Kier molecular flexibility index (Phi) is 4.33. The fourth-order valence-corrected chi connectivity index (χ4v) is 1.60. The minimum Gasteiger partial charge on any atom is -0.386 e. The van der Waals surface area contributed by atoms with Crippen molar-refractivity contribution in [3.05, 3.63) is 0 Å². The van der Waals surface area contributed by atoms with Gasteiger partial charge in [-0.05, 0) is 19.9 Å². The molecule has 1 rings (SSSR count). The predicted octanol–water partition coefficient (Wildman–Crippen LogP) is 0.420. The van der Waals surface area contributed by atoms with Gasteiger partial charge in [-0.1, -0.05) is 0 Å². The average molecular weight is 198 g/mol. The van der Waals surface area contributed by atoms with Crippen molar-refractivity contribution >= 4 is 0 Å². The Morgan fingerprint density at radius 3 is 3.07 bits per heavy atom. The summed E-state index contributed by atoms with van der Waals surface area (Å²) in [5.74, 6) is 0. The van der Waals surface area contributed by atoms with E-state index in [0.717, 1.165) is 13.0 Å². The molecule has 0 aliphatic carbocycles. The van der Waals surface area contributed by atoms with Gasteiger partial charge in [0.25, 0.3) is 0 Å². The summed E-state index contributed by atoms with van der Waals surface area (Å²) in [5, 5.41) is 21.5. The van der Waals surface area contributed by atoms with Gasteiger partial charge in [-0.3, -0.25) is 0 Å². The van der Waals surface area contributed by atoms with Crippen molar-refractivity contribution in [2.24, 2.45) is 0 Å². The van der Waals surface area contributed by atoms with Crippen LogP contribution in [0.5, 0.6) is 0 Å². The maximum absolute atomic E-state index is 10.1. The lowest BCUT2D eigenvalue weighted by atomic mass is 9.97. The minimum absolute atomic E-state index is 0.0917. The molecule has 0 radical (unpaired) electrons. The molecule has 0 aromatic rings. The number of nitrogens with zero attached hydrogens (tertiary/aromatic N) is 1. The fraction of sp³-hybridized carbons (Fsp3) is 0.900. The molecule has 4 heteroatoms. The molecule has 0 saturated carbocycles. The first-order valence-corrected chi connectivity index (χ1v) is 5.11. The SMILES string of the molecule is CC1OCCC1(O)CNCCCC#N. The Hall–Kier alpha value is -0.630. The van der Waals surface area contributed by atoms with Gasteiger partial charge in [0.15, 0.2) is 0 Å². The van der Waals surface area contributed by atoms with Crippen LogP contribution < -0.4 is 5.32 Å². The van der Waals surface area contributed by atoms with Gasteiger partial charge < -0.3 is 15.2 Å². The van der Waals surface area contributed by atoms with E-state index in [4.69, 9.17) is 10.00 Å². The maximum Gasteiger partial charge on any atom is 0.105 e.